The van der Waals surface area contributed by atoms with Crippen LogP contribution in [0.1, 0.15) is 32.6 Å². The predicted molar refractivity (Wildman–Crippen MR) is 101 cm³/mol. The highest BCUT2D eigenvalue weighted by Crippen LogP contribution is 2.22. The lowest BCUT2D eigenvalue weighted by Crippen LogP contribution is -2.52. The summed E-state index contributed by atoms with van der Waals surface area (Å²) in [6.07, 6.45) is 5.50. The monoisotopic (exact) mass is 422 g/mol. The van der Waals surface area contributed by atoms with Crippen molar-refractivity contribution in [1.82, 2.24) is 15.1 Å². The summed E-state index contributed by atoms with van der Waals surface area (Å²) in [5.74, 6) is 1.90. The maximum atomic E-state index is 6.01. The van der Waals surface area contributed by atoms with Crippen LogP contribution in [0.15, 0.2) is 4.99 Å². The van der Waals surface area contributed by atoms with E-state index in [1.54, 1.807) is 0 Å². The predicted octanol–water partition coefficient (Wildman–Crippen LogP) is 1.77. The lowest BCUT2D eigenvalue weighted by Gasteiger charge is -2.37. The van der Waals surface area contributed by atoms with Gasteiger partial charge in [0.05, 0.1) is 12.7 Å². The van der Waals surface area contributed by atoms with Crippen molar-refractivity contribution in [1.29, 1.82) is 0 Å². The van der Waals surface area contributed by atoms with Gasteiger partial charge in [0, 0.05) is 39.3 Å². The van der Waals surface area contributed by atoms with Crippen molar-refractivity contribution in [2.45, 2.75) is 44.8 Å². The van der Waals surface area contributed by atoms with E-state index < -0.39 is 0 Å². The van der Waals surface area contributed by atoms with E-state index >= 15 is 0 Å². The van der Waals surface area contributed by atoms with Crippen LogP contribution >= 0.6 is 24.0 Å². The zero-order valence-electron chi connectivity index (χ0n) is 14.0. The number of hydrogen-bond donors (Lipinski definition) is 1. The van der Waals surface area contributed by atoms with Crippen molar-refractivity contribution in [3.63, 3.8) is 0 Å². The Hall–Kier alpha value is -0.0800. The van der Waals surface area contributed by atoms with Gasteiger partial charge in [0.15, 0.2) is 5.96 Å². The summed E-state index contributed by atoms with van der Waals surface area (Å²) in [6, 6.07) is 0.684. The number of nitrogens with one attached hydrogen (secondary N) is 1. The second kappa shape index (κ2) is 8.68. The Morgan fingerprint density at radius 1 is 1.23 bits per heavy atom. The first kappa shape index (κ1) is 18.3. The largest absolute Gasteiger partial charge is 0.373 e. The highest BCUT2D eigenvalue weighted by Gasteiger charge is 2.32. The van der Waals surface area contributed by atoms with Crippen LogP contribution in [0, 0.1) is 5.92 Å². The van der Waals surface area contributed by atoms with Crippen molar-refractivity contribution in [3.05, 3.63) is 0 Å². The van der Waals surface area contributed by atoms with Gasteiger partial charge in [-0.25, -0.2) is 0 Å². The molecule has 3 fully saturated rings. The van der Waals surface area contributed by atoms with E-state index in [9.17, 15) is 0 Å². The molecule has 3 aliphatic heterocycles. The average Bonchev–Trinajstić information content (AvgIpc) is 2.97. The summed E-state index contributed by atoms with van der Waals surface area (Å²) < 4.78 is 6.01. The molecule has 3 heterocycles. The SMILES string of the molecule is CN=C(NCC1CN2CCCC2CO1)N1CCC(C)CC1.I. The van der Waals surface area contributed by atoms with Crippen LogP contribution in [0.2, 0.25) is 0 Å². The number of guanidine groups is 1. The summed E-state index contributed by atoms with van der Waals surface area (Å²) in [5, 5.41) is 3.53. The molecule has 2 atom stereocenters. The number of fused-ring (bicyclic) bond motifs is 1. The molecule has 3 aliphatic rings. The second-order valence-electron chi connectivity index (χ2n) is 6.84. The average molecular weight is 422 g/mol. The number of ether oxygens (including phenoxy) is 1. The molecule has 3 saturated heterocycles. The molecule has 5 nitrogen and oxygen atoms in total. The van der Waals surface area contributed by atoms with Crippen LogP contribution in [0.3, 0.4) is 0 Å². The van der Waals surface area contributed by atoms with Crippen LogP contribution in [-0.2, 0) is 4.74 Å². The summed E-state index contributed by atoms with van der Waals surface area (Å²) in [5.41, 5.74) is 0. The number of rotatable bonds is 2. The molecular weight excluding hydrogens is 391 g/mol. The Kier molecular flexibility index (Phi) is 7.21. The number of likely N-dealkylation sites (tertiary alicyclic amines) is 1. The number of morpholine rings is 1. The minimum atomic E-state index is 0. The van der Waals surface area contributed by atoms with Crippen LogP contribution in [-0.4, -0.2) is 74.3 Å². The van der Waals surface area contributed by atoms with Gasteiger partial charge < -0.3 is 15.0 Å². The fraction of sp³-hybridized carbons (Fsp3) is 0.938. The third kappa shape index (κ3) is 4.47. The van der Waals surface area contributed by atoms with Gasteiger partial charge >= 0.3 is 0 Å². The van der Waals surface area contributed by atoms with Crippen LogP contribution < -0.4 is 5.32 Å². The topological polar surface area (TPSA) is 40.1 Å². The molecule has 0 bridgehead atoms. The van der Waals surface area contributed by atoms with Crippen LogP contribution in [0.4, 0.5) is 0 Å². The minimum Gasteiger partial charge on any atom is -0.373 e. The van der Waals surface area contributed by atoms with Gasteiger partial charge in [-0.05, 0) is 38.1 Å². The molecule has 2 unspecified atom stereocenters. The highest BCUT2D eigenvalue weighted by molar-refractivity contribution is 14.0. The van der Waals surface area contributed by atoms with Crippen molar-refractivity contribution in [2.75, 3.05) is 46.4 Å². The molecule has 0 amide bonds. The third-order valence-electron chi connectivity index (χ3n) is 5.24. The Morgan fingerprint density at radius 2 is 2.00 bits per heavy atom. The smallest absolute Gasteiger partial charge is 0.193 e. The maximum Gasteiger partial charge on any atom is 0.193 e. The molecule has 0 aromatic carbocycles. The lowest BCUT2D eigenvalue weighted by atomic mass is 10.00. The van der Waals surface area contributed by atoms with Crippen molar-refractivity contribution >= 4 is 29.9 Å². The first-order valence-corrected chi connectivity index (χ1v) is 8.57. The molecule has 0 radical (unpaired) electrons. The standard InChI is InChI=1S/C16H30N4O.HI/c1-13-5-8-19(9-6-13)16(17-2)18-10-15-11-20-7-3-4-14(20)12-21-15;/h13-15H,3-12H2,1-2H3,(H,17,18);1H. The molecule has 1 N–H and O–H groups in total. The summed E-state index contributed by atoms with van der Waals surface area (Å²) in [7, 11) is 1.89. The Labute approximate surface area is 151 Å². The quantitative estimate of drug-likeness (QED) is 0.419. The van der Waals surface area contributed by atoms with E-state index in [4.69, 9.17) is 4.74 Å². The van der Waals surface area contributed by atoms with Crippen molar-refractivity contribution in [3.8, 4) is 0 Å². The van der Waals surface area contributed by atoms with Crippen molar-refractivity contribution < 1.29 is 4.74 Å². The van der Waals surface area contributed by atoms with E-state index in [2.05, 4.69) is 27.0 Å². The molecule has 6 heteroatoms. The number of piperidine rings is 1. The van der Waals surface area contributed by atoms with Crippen LogP contribution in [0.5, 0.6) is 0 Å². The molecule has 0 spiro atoms. The highest BCUT2D eigenvalue weighted by atomic mass is 127. The van der Waals surface area contributed by atoms with Gasteiger partial charge in [-0.3, -0.25) is 9.89 Å². The van der Waals surface area contributed by atoms with E-state index in [0.29, 0.717) is 12.1 Å². The Morgan fingerprint density at radius 3 is 2.73 bits per heavy atom. The lowest BCUT2D eigenvalue weighted by molar-refractivity contribution is -0.0455. The fourth-order valence-corrected chi connectivity index (χ4v) is 3.77. The minimum absolute atomic E-state index is 0. The number of halogens is 1. The van der Waals surface area contributed by atoms with Gasteiger partial charge in [0.1, 0.15) is 0 Å². The molecule has 3 rings (SSSR count). The Balaban J connectivity index is 0.00000176. The van der Waals surface area contributed by atoms with E-state index in [0.717, 1.165) is 44.7 Å². The summed E-state index contributed by atoms with van der Waals surface area (Å²) in [6.45, 7) is 8.71. The van der Waals surface area contributed by atoms with Gasteiger partial charge in [-0.2, -0.15) is 0 Å². The third-order valence-corrected chi connectivity index (χ3v) is 5.24. The molecule has 22 heavy (non-hydrogen) atoms. The zero-order chi connectivity index (χ0) is 14.7. The van der Waals surface area contributed by atoms with Gasteiger partial charge in [-0.1, -0.05) is 6.92 Å². The fourth-order valence-electron chi connectivity index (χ4n) is 3.77. The molecular formula is C16H31IN4O. The first-order chi connectivity index (χ1) is 10.3. The normalized spacial score (nSPS) is 30.8. The Bertz CT molecular complexity index is 371. The van der Waals surface area contributed by atoms with E-state index in [-0.39, 0.29) is 24.0 Å². The molecule has 0 aromatic rings. The number of hydrogen-bond acceptors (Lipinski definition) is 3. The van der Waals surface area contributed by atoms with Gasteiger partial charge in [0.2, 0.25) is 0 Å². The van der Waals surface area contributed by atoms with E-state index in [1.165, 1.54) is 32.2 Å². The van der Waals surface area contributed by atoms with Crippen molar-refractivity contribution in [2.24, 2.45) is 10.9 Å². The molecule has 0 aromatic heterocycles. The summed E-state index contributed by atoms with van der Waals surface area (Å²) in [4.78, 5) is 9.44. The zero-order valence-corrected chi connectivity index (χ0v) is 16.3. The number of nitrogens with zero attached hydrogens (tertiary/aromatic N) is 3. The molecule has 128 valence electrons. The van der Waals surface area contributed by atoms with Crippen LogP contribution in [0.25, 0.3) is 0 Å². The first-order valence-electron chi connectivity index (χ1n) is 8.57. The van der Waals surface area contributed by atoms with E-state index in [1.807, 2.05) is 7.05 Å². The summed E-state index contributed by atoms with van der Waals surface area (Å²) >= 11 is 0. The molecule has 0 saturated carbocycles. The second-order valence-corrected chi connectivity index (χ2v) is 6.84. The molecule has 0 aliphatic carbocycles. The maximum absolute atomic E-state index is 6.01. The van der Waals surface area contributed by atoms with Gasteiger partial charge in [-0.15, -0.1) is 24.0 Å². The van der Waals surface area contributed by atoms with Gasteiger partial charge in [0.25, 0.3) is 0 Å². The number of aliphatic imine (C=N–C) groups is 1.